The Hall–Kier alpha value is -1.35. The van der Waals surface area contributed by atoms with Crippen LogP contribution in [0.5, 0.6) is 0 Å². The highest BCUT2D eigenvalue weighted by atomic mass is 32.1. The smallest absolute Gasteiger partial charge is 0.350 e. The van der Waals surface area contributed by atoms with E-state index in [0.717, 1.165) is 4.88 Å². The standard InChI is InChI=1S/C13H16O3S/c1-4-6-7-12(15-5-2)16-13(14)11-9-8-10(3)17-11/h6,8-9,12H,1,5,7H2,2-3H3. The summed E-state index contributed by atoms with van der Waals surface area (Å²) in [6, 6.07) is 3.65. The Kier molecular flexibility index (Phi) is 5.70. The highest BCUT2D eigenvalue weighted by Crippen LogP contribution is 2.17. The monoisotopic (exact) mass is 252 g/mol. The van der Waals surface area contributed by atoms with E-state index < -0.39 is 6.29 Å². The van der Waals surface area contributed by atoms with Crippen LogP contribution >= 0.6 is 11.3 Å². The molecule has 3 nitrogen and oxygen atoms in total. The zero-order valence-electron chi connectivity index (χ0n) is 10.1. The van der Waals surface area contributed by atoms with Gasteiger partial charge in [0.1, 0.15) is 4.88 Å². The highest BCUT2D eigenvalue weighted by molar-refractivity contribution is 7.13. The van der Waals surface area contributed by atoms with Gasteiger partial charge >= 0.3 is 5.97 Å². The normalized spacial score (nSPS) is 11.6. The Morgan fingerprint density at radius 3 is 2.94 bits per heavy atom. The Bertz CT molecular complexity index is 416. The van der Waals surface area contributed by atoms with E-state index in [2.05, 4.69) is 12.3 Å². The van der Waals surface area contributed by atoms with E-state index in [-0.39, 0.29) is 5.97 Å². The van der Waals surface area contributed by atoms with Crippen molar-refractivity contribution >= 4 is 17.3 Å². The first-order valence-corrected chi connectivity index (χ1v) is 6.22. The van der Waals surface area contributed by atoms with Crippen LogP contribution in [0.25, 0.3) is 0 Å². The molecule has 0 saturated heterocycles. The largest absolute Gasteiger partial charge is 0.431 e. The van der Waals surface area contributed by atoms with E-state index in [1.807, 2.05) is 19.9 Å². The summed E-state index contributed by atoms with van der Waals surface area (Å²) in [5, 5.41) is 0. The number of aryl methyl sites for hydroxylation is 1. The minimum absolute atomic E-state index is 0.348. The van der Waals surface area contributed by atoms with Crippen LogP contribution in [0, 0.1) is 6.92 Å². The lowest BCUT2D eigenvalue weighted by Crippen LogP contribution is -2.20. The second kappa shape index (κ2) is 7.07. The van der Waals surface area contributed by atoms with Gasteiger partial charge in [-0.3, -0.25) is 0 Å². The van der Waals surface area contributed by atoms with E-state index in [1.165, 1.54) is 11.3 Å². The Morgan fingerprint density at radius 2 is 2.41 bits per heavy atom. The quantitative estimate of drug-likeness (QED) is 0.442. The molecule has 1 atom stereocenters. The van der Waals surface area contributed by atoms with Gasteiger partial charge in [0, 0.05) is 17.9 Å². The van der Waals surface area contributed by atoms with Crippen LogP contribution in [-0.2, 0) is 9.47 Å². The Balaban J connectivity index is 2.59. The first kappa shape index (κ1) is 13.7. The van der Waals surface area contributed by atoms with Gasteiger partial charge in [0.05, 0.1) is 0 Å². The number of hydrogen-bond acceptors (Lipinski definition) is 4. The summed E-state index contributed by atoms with van der Waals surface area (Å²) in [5.74, 6) is -0.348. The number of carbonyl (C=O) groups is 1. The Labute approximate surface area is 105 Å². The molecular weight excluding hydrogens is 236 g/mol. The van der Waals surface area contributed by atoms with Crippen LogP contribution < -0.4 is 0 Å². The molecule has 1 heterocycles. The van der Waals surface area contributed by atoms with Crippen LogP contribution in [-0.4, -0.2) is 18.9 Å². The van der Waals surface area contributed by atoms with Crippen LogP contribution in [0.3, 0.4) is 0 Å². The highest BCUT2D eigenvalue weighted by Gasteiger charge is 2.16. The summed E-state index contributed by atoms with van der Waals surface area (Å²) in [7, 11) is 0. The molecule has 0 aliphatic carbocycles. The molecule has 0 spiro atoms. The minimum atomic E-state index is -0.566. The maximum Gasteiger partial charge on any atom is 0.350 e. The van der Waals surface area contributed by atoms with E-state index in [4.69, 9.17) is 9.47 Å². The summed E-state index contributed by atoms with van der Waals surface area (Å²) in [4.78, 5) is 13.4. The lowest BCUT2D eigenvalue weighted by molar-refractivity contribution is -0.103. The number of carbonyl (C=O) groups excluding carboxylic acids is 1. The van der Waals surface area contributed by atoms with Crippen LogP contribution in [0.2, 0.25) is 0 Å². The molecule has 0 amide bonds. The molecule has 0 aliphatic rings. The fourth-order valence-corrected chi connectivity index (χ4v) is 1.99. The fraction of sp³-hybridized carbons (Fsp3) is 0.385. The molecule has 0 aromatic carbocycles. The molecule has 0 aliphatic heterocycles. The molecule has 0 saturated carbocycles. The third-order valence-electron chi connectivity index (χ3n) is 1.99. The topological polar surface area (TPSA) is 35.5 Å². The second-order valence-electron chi connectivity index (χ2n) is 3.34. The van der Waals surface area contributed by atoms with Gasteiger partial charge in [0.15, 0.2) is 0 Å². The summed E-state index contributed by atoms with van der Waals surface area (Å²) >= 11 is 1.41. The van der Waals surface area contributed by atoms with E-state index in [1.54, 1.807) is 12.1 Å². The van der Waals surface area contributed by atoms with Gasteiger partial charge in [-0.05, 0) is 32.1 Å². The maximum atomic E-state index is 11.8. The van der Waals surface area contributed by atoms with Crippen molar-refractivity contribution in [3.63, 3.8) is 0 Å². The minimum Gasteiger partial charge on any atom is -0.431 e. The lowest BCUT2D eigenvalue weighted by atomic mass is 10.4. The van der Waals surface area contributed by atoms with Crippen molar-refractivity contribution in [2.24, 2.45) is 0 Å². The molecule has 92 valence electrons. The van der Waals surface area contributed by atoms with Gasteiger partial charge in [-0.15, -0.1) is 17.1 Å². The van der Waals surface area contributed by atoms with Gasteiger partial charge in [-0.2, -0.15) is 0 Å². The molecule has 17 heavy (non-hydrogen) atoms. The summed E-state index contributed by atoms with van der Waals surface area (Å²) in [6.45, 7) is 7.75. The first-order valence-electron chi connectivity index (χ1n) is 5.40. The van der Waals surface area contributed by atoms with Crippen molar-refractivity contribution in [3.05, 3.63) is 40.3 Å². The molecule has 4 heteroatoms. The van der Waals surface area contributed by atoms with Crippen LogP contribution in [0.1, 0.15) is 27.9 Å². The molecule has 0 bridgehead atoms. The fourth-order valence-electron chi connectivity index (χ4n) is 1.24. The number of ether oxygens (including phenoxy) is 2. The van der Waals surface area contributed by atoms with Crippen molar-refractivity contribution in [1.82, 2.24) is 0 Å². The number of hydrogen-bond donors (Lipinski definition) is 0. The van der Waals surface area contributed by atoms with Gasteiger partial charge < -0.3 is 9.47 Å². The van der Waals surface area contributed by atoms with Gasteiger partial charge in [-0.25, -0.2) is 4.79 Å². The van der Waals surface area contributed by atoms with Crippen molar-refractivity contribution in [2.75, 3.05) is 6.61 Å². The van der Waals surface area contributed by atoms with Gasteiger partial charge in [0.2, 0.25) is 6.29 Å². The average molecular weight is 252 g/mol. The molecule has 1 unspecified atom stereocenters. The predicted octanol–water partition coefficient (Wildman–Crippen LogP) is 3.31. The van der Waals surface area contributed by atoms with Crippen LogP contribution in [0.4, 0.5) is 0 Å². The van der Waals surface area contributed by atoms with Crippen molar-refractivity contribution in [1.29, 1.82) is 0 Å². The predicted molar refractivity (Wildman–Crippen MR) is 68.2 cm³/mol. The summed E-state index contributed by atoms with van der Waals surface area (Å²) < 4.78 is 10.5. The lowest BCUT2D eigenvalue weighted by Gasteiger charge is -2.15. The number of thiophene rings is 1. The van der Waals surface area contributed by atoms with E-state index in [9.17, 15) is 4.79 Å². The average Bonchev–Trinajstić information content (AvgIpc) is 2.73. The molecule has 0 radical (unpaired) electrons. The maximum absolute atomic E-state index is 11.8. The zero-order chi connectivity index (χ0) is 12.7. The molecular formula is C13H16O3S. The van der Waals surface area contributed by atoms with Crippen molar-refractivity contribution in [2.45, 2.75) is 26.6 Å². The van der Waals surface area contributed by atoms with Crippen LogP contribution in [0.15, 0.2) is 30.5 Å². The molecule has 1 aromatic heterocycles. The second-order valence-corrected chi connectivity index (χ2v) is 4.63. The third kappa shape index (κ3) is 4.57. The van der Waals surface area contributed by atoms with Crippen molar-refractivity contribution in [3.8, 4) is 0 Å². The SMILES string of the molecule is C=C=CCC(OCC)OC(=O)c1ccc(C)s1. The molecule has 1 aromatic rings. The van der Waals surface area contributed by atoms with E-state index in [0.29, 0.717) is 17.9 Å². The summed E-state index contributed by atoms with van der Waals surface area (Å²) in [6.07, 6.45) is 1.59. The molecule has 0 fully saturated rings. The number of esters is 1. The molecule has 1 rings (SSSR count). The zero-order valence-corrected chi connectivity index (χ0v) is 10.9. The number of rotatable bonds is 6. The Morgan fingerprint density at radius 1 is 1.65 bits per heavy atom. The third-order valence-corrected chi connectivity index (χ3v) is 2.97. The van der Waals surface area contributed by atoms with E-state index >= 15 is 0 Å². The summed E-state index contributed by atoms with van der Waals surface area (Å²) in [5.41, 5.74) is 2.63. The van der Waals surface area contributed by atoms with Gasteiger partial charge in [0.25, 0.3) is 0 Å². The van der Waals surface area contributed by atoms with Crippen molar-refractivity contribution < 1.29 is 14.3 Å². The van der Waals surface area contributed by atoms with Gasteiger partial charge in [-0.1, -0.05) is 6.58 Å². The first-order chi connectivity index (χ1) is 8.17. The molecule has 0 N–H and O–H groups in total.